The third-order valence-electron chi connectivity index (χ3n) is 4.54. The van der Waals surface area contributed by atoms with Gasteiger partial charge in [0.05, 0.1) is 19.3 Å². The summed E-state index contributed by atoms with van der Waals surface area (Å²) in [6.07, 6.45) is 1.03. The van der Waals surface area contributed by atoms with Crippen LogP contribution in [0.25, 0.3) is 0 Å². The average molecular weight is 399 g/mol. The standard InChI is InChI=1S/C17H22INO2/c1-17(2,3)15-7-12-8-19(13-9-21-10-13)5-4-11(12)6-14(15)16(18)20/h6-7,13H,4-5,8-10H2,1-3H3. The van der Waals surface area contributed by atoms with E-state index < -0.39 is 0 Å². The largest absolute Gasteiger partial charge is 0.378 e. The second-order valence-corrected chi connectivity index (χ2v) is 8.08. The Morgan fingerprint density at radius 2 is 2.00 bits per heavy atom. The molecule has 0 saturated carbocycles. The van der Waals surface area contributed by atoms with Gasteiger partial charge in [0.15, 0.2) is 0 Å². The zero-order valence-electron chi connectivity index (χ0n) is 12.9. The fraction of sp³-hybridized carbons (Fsp3) is 0.588. The molecule has 21 heavy (non-hydrogen) atoms. The highest BCUT2D eigenvalue weighted by Gasteiger charge is 2.30. The van der Waals surface area contributed by atoms with E-state index in [1.54, 1.807) is 0 Å². The Hall–Kier alpha value is -0.460. The van der Waals surface area contributed by atoms with Crippen molar-refractivity contribution in [3.05, 3.63) is 34.4 Å². The zero-order valence-corrected chi connectivity index (χ0v) is 15.1. The highest BCUT2D eigenvalue weighted by molar-refractivity contribution is 14.1. The molecule has 0 bridgehead atoms. The van der Waals surface area contributed by atoms with Gasteiger partial charge in [-0.25, -0.2) is 0 Å². The summed E-state index contributed by atoms with van der Waals surface area (Å²) < 4.78 is 5.47. The third kappa shape index (κ3) is 3.03. The molecule has 3 rings (SSSR count). The van der Waals surface area contributed by atoms with Crippen molar-refractivity contribution in [3.8, 4) is 0 Å². The number of hydrogen-bond donors (Lipinski definition) is 0. The number of fused-ring (bicyclic) bond motifs is 1. The Balaban J connectivity index is 1.97. The molecule has 2 aliphatic heterocycles. The van der Waals surface area contributed by atoms with Crippen molar-refractivity contribution in [1.82, 2.24) is 4.90 Å². The normalized spacial score (nSPS) is 20.0. The van der Waals surface area contributed by atoms with Crippen LogP contribution in [0.2, 0.25) is 0 Å². The maximum Gasteiger partial charge on any atom is 0.222 e. The molecule has 4 heteroatoms. The van der Waals surface area contributed by atoms with Crippen molar-refractivity contribution < 1.29 is 9.53 Å². The quantitative estimate of drug-likeness (QED) is 0.565. The lowest BCUT2D eigenvalue weighted by Crippen LogP contribution is -2.50. The highest BCUT2D eigenvalue weighted by atomic mass is 127. The summed E-state index contributed by atoms with van der Waals surface area (Å²) in [4.78, 5) is 14.5. The van der Waals surface area contributed by atoms with Crippen LogP contribution < -0.4 is 0 Å². The van der Waals surface area contributed by atoms with E-state index >= 15 is 0 Å². The average Bonchev–Trinajstić information content (AvgIpc) is 2.33. The summed E-state index contributed by atoms with van der Waals surface area (Å²) in [6.45, 7) is 10.3. The molecule has 2 heterocycles. The van der Waals surface area contributed by atoms with E-state index in [0.717, 1.165) is 38.3 Å². The molecule has 0 aromatic heterocycles. The maximum absolute atomic E-state index is 12.0. The van der Waals surface area contributed by atoms with Crippen LogP contribution in [0.15, 0.2) is 12.1 Å². The number of nitrogens with zero attached hydrogens (tertiary/aromatic N) is 1. The van der Waals surface area contributed by atoms with Gasteiger partial charge in [0.1, 0.15) is 0 Å². The molecule has 0 unspecified atom stereocenters. The van der Waals surface area contributed by atoms with E-state index in [9.17, 15) is 4.79 Å². The van der Waals surface area contributed by atoms with Crippen LogP contribution in [-0.2, 0) is 23.1 Å². The molecule has 1 aromatic carbocycles. The van der Waals surface area contributed by atoms with E-state index in [2.05, 4.69) is 37.8 Å². The molecule has 114 valence electrons. The smallest absolute Gasteiger partial charge is 0.222 e. The second-order valence-electron chi connectivity index (χ2n) is 7.10. The molecule has 2 aliphatic rings. The molecule has 0 spiro atoms. The van der Waals surface area contributed by atoms with E-state index in [1.165, 1.54) is 16.7 Å². The predicted molar refractivity (Wildman–Crippen MR) is 92.2 cm³/mol. The zero-order chi connectivity index (χ0) is 15.2. The van der Waals surface area contributed by atoms with Crippen molar-refractivity contribution >= 4 is 26.4 Å². The van der Waals surface area contributed by atoms with Crippen LogP contribution in [0.1, 0.15) is 47.8 Å². The Labute approximate surface area is 140 Å². The van der Waals surface area contributed by atoms with Crippen molar-refractivity contribution in [1.29, 1.82) is 0 Å². The van der Waals surface area contributed by atoms with Crippen LogP contribution >= 0.6 is 22.6 Å². The lowest BCUT2D eigenvalue weighted by Gasteiger charge is -2.40. The fourth-order valence-corrected chi connectivity index (χ4v) is 3.61. The molecule has 0 atom stereocenters. The monoisotopic (exact) mass is 399 g/mol. The molecular formula is C17H22INO2. The lowest BCUT2D eigenvalue weighted by molar-refractivity contribution is -0.0695. The minimum Gasteiger partial charge on any atom is -0.378 e. The summed E-state index contributed by atoms with van der Waals surface area (Å²) in [5.74, 6) is 0. The van der Waals surface area contributed by atoms with Gasteiger partial charge < -0.3 is 4.74 Å². The van der Waals surface area contributed by atoms with Crippen LogP contribution in [0.3, 0.4) is 0 Å². The minimum absolute atomic E-state index is 0.00689. The number of benzene rings is 1. The summed E-state index contributed by atoms with van der Waals surface area (Å²) in [7, 11) is 0. The van der Waals surface area contributed by atoms with Gasteiger partial charge in [-0.1, -0.05) is 26.8 Å². The van der Waals surface area contributed by atoms with Crippen molar-refractivity contribution in [2.24, 2.45) is 0 Å². The van der Waals surface area contributed by atoms with Crippen molar-refractivity contribution in [2.75, 3.05) is 19.8 Å². The molecule has 0 amide bonds. The summed E-state index contributed by atoms with van der Waals surface area (Å²) in [5.41, 5.74) is 4.79. The molecule has 1 aromatic rings. The predicted octanol–water partition coefficient (Wildman–Crippen LogP) is 3.32. The van der Waals surface area contributed by atoms with Crippen molar-refractivity contribution in [2.45, 2.75) is 45.2 Å². The van der Waals surface area contributed by atoms with Gasteiger partial charge in [-0.05, 0) is 34.6 Å². The number of hydrogen-bond acceptors (Lipinski definition) is 3. The highest BCUT2D eigenvalue weighted by Crippen LogP contribution is 2.33. The first-order valence-corrected chi connectivity index (χ1v) is 8.62. The molecule has 1 saturated heterocycles. The fourth-order valence-electron chi connectivity index (χ4n) is 3.16. The second kappa shape index (κ2) is 5.63. The minimum atomic E-state index is -0.00689. The molecule has 0 aliphatic carbocycles. The Morgan fingerprint density at radius 3 is 2.52 bits per heavy atom. The van der Waals surface area contributed by atoms with E-state index in [4.69, 9.17) is 4.74 Å². The Bertz CT molecular complexity index is 573. The topological polar surface area (TPSA) is 29.5 Å². The first-order valence-electron chi connectivity index (χ1n) is 7.54. The third-order valence-corrected chi connectivity index (χ3v) is 5.12. The van der Waals surface area contributed by atoms with Gasteiger partial charge in [-0.2, -0.15) is 0 Å². The van der Waals surface area contributed by atoms with Crippen molar-refractivity contribution in [3.63, 3.8) is 0 Å². The number of carbonyl (C=O) groups excluding carboxylic acids is 1. The Morgan fingerprint density at radius 1 is 1.29 bits per heavy atom. The summed E-state index contributed by atoms with van der Waals surface area (Å²) >= 11 is 1.91. The first-order chi connectivity index (χ1) is 9.86. The van der Waals surface area contributed by atoms with E-state index in [-0.39, 0.29) is 9.20 Å². The van der Waals surface area contributed by atoms with Gasteiger partial charge in [0.25, 0.3) is 0 Å². The molecule has 1 fully saturated rings. The number of carbonyl (C=O) groups is 1. The van der Waals surface area contributed by atoms with Gasteiger partial charge in [-0.15, -0.1) is 0 Å². The lowest BCUT2D eigenvalue weighted by atomic mass is 9.81. The van der Waals surface area contributed by atoms with Gasteiger partial charge in [0.2, 0.25) is 3.79 Å². The van der Waals surface area contributed by atoms with E-state index in [1.807, 2.05) is 22.6 Å². The summed E-state index contributed by atoms with van der Waals surface area (Å²) in [6, 6.07) is 4.99. The van der Waals surface area contributed by atoms with Crippen LogP contribution in [0.4, 0.5) is 0 Å². The van der Waals surface area contributed by atoms with Crippen LogP contribution in [-0.4, -0.2) is 34.5 Å². The SMILES string of the molecule is CC(C)(C)c1cc2c(cc1C(=O)I)CCN(C1COC1)C2. The molecule has 3 nitrogen and oxygen atoms in total. The molecule has 0 radical (unpaired) electrons. The van der Waals surface area contributed by atoms with Gasteiger partial charge in [-0.3, -0.25) is 9.69 Å². The number of rotatable bonds is 2. The van der Waals surface area contributed by atoms with Crippen LogP contribution in [0.5, 0.6) is 0 Å². The molecule has 0 N–H and O–H groups in total. The van der Waals surface area contributed by atoms with Gasteiger partial charge in [0, 0.05) is 41.2 Å². The van der Waals surface area contributed by atoms with Crippen LogP contribution in [0, 0.1) is 0 Å². The number of halogens is 1. The first kappa shape index (κ1) is 15.4. The van der Waals surface area contributed by atoms with E-state index in [0.29, 0.717) is 6.04 Å². The summed E-state index contributed by atoms with van der Waals surface area (Å²) in [5, 5.41) is 0. The number of ether oxygens (including phenoxy) is 1. The molecular weight excluding hydrogens is 377 g/mol. The Kier molecular flexibility index (Phi) is 4.14. The maximum atomic E-state index is 12.0. The van der Waals surface area contributed by atoms with Gasteiger partial charge >= 0.3 is 0 Å².